The first-order valence-electron chi connectivity index (χ1n) is 4.46. The lowest BCUT2D eigenvalue weighted by atomic mass is 10.2. The van der Waals surface area contributed by atoms with Gasteiger partial charge in [0.05, 0.1) is 11.9 Å². The molecule has 1 N–H and O–H groups in total. The first kappa shape index (κ1) is 9.77. The molecule has 1 amide bonds. The Bertz CT molecular complexity index is 291. The maximum absolute atomic E-state index is 11.3. The van der Waals surface area contributed by atoms with E-state index in [0.717, 1.165) is 12.2 Å². The number of rotatable bonds is 3. The van der Waals surface area contributed by atoms with E-state index in [2.05, 4.69) is 10.4 Å². The van der Waals surface area contributed by atoms with E-state index in [0.29, 0.717) is 0 Å². The van der Waals surface area contributed by atoms with Gasteiger partial charge in [-0.2, -0.15) is 5.10 Å². The molecule has 0 aliphatic rings. The summed E-state index contributed by atoms with van der Waals surface area (Å²) in [4.78, 5) is 11.3. The number of aryl methyl sites for hydroxylation is 1. The Morgan fingerprint density at radius 2 is 2.38 bits per heavy atom. The highest BCUT2D eigenvalue weighted by Crippen LogP contribution is 2.06. The minimum Gasteiger partial charge on any atom is -0.323 e. The van der Waals surface area contributed by atoms with Gasteiger partial charge in [-0.25, -0.2) is 0 Å². The number of hydrogen-bond donors (Lipinski definition) is 1. The Kier molecular flexibility index (Phi) is 3.06. The van der Waals surface area contributed by atoms with Crippen molar-refractivity contribution in [1.82, 2.24) is 9.78 Å². The van der Waals surface area contributed by atoms with E-state index in [4.69, 9.17) is 0 Å². The molecule has 0 bridgehead atoms. The van der Waals surface area contributed by atoms with E-state index in [9.17, 15) is 4.79 Å². The van der Waals surface area contributed by atoms with Crippen molar-refractivity contribution in [2.24, 2.45) is 5.92 Å². The van der Waals surface area contributed by atoms with Crippen LogP contribution in [0.2, 0.25) is 0 Å². The average molecular weight is 181 g/mol. The van der Waals surface area contributed by atoms with Crippen LogP contribution in [0.15, 0.2) is 12.4 Å². The Balaban J connectivity index is 2.59. The van der Waals surface area contributed by atoms with Gasteiger partial charge in [-0.3, -0.25) is 9.48 Å². The van der Waals surface area contributed by atoms with E-state index < -0.39 is 0 Å². The lowest BCUT2D eigenvalue weighted by Crippen LogP contribution is -2.17. The highest BCUT2D eigenvalue weighted by Gasteiger charge is 2.07. The van der Waals surface area contributed by atoms with Crippen LogP contribution < -0.4 is 5.32 Å². The van der Waals surface area contributed by atoms with Crippen LogP contribution in [0, 0.1) is 5.92 Å². The number of nitrogens with zero attached hydrogens (tertiary/aromatic N) is 2. The molecule has 0 saturated heterocycles. The topological polar surface area (TPSA) is 46.9 Å². The predicted octanol–water partition coefficient (Wildman–Crippen LogP) is 1.50. The van der Waals surface area contributed by atoms with Crippen LogP contribution >= 0.6 is 0 Å². The van der Waals surface area contributed by atoms with Crippen LogP contribution in [-0.4, -0.2) is 15.7 Å². The molecule has 72 valence electrons. The molecule has 0 unspecified atom stereocenters. The van der Waals surface area contributed by atoms with Crippen molar-refractivity contribution in [3.63, 3.8) is 0 Å². The van der Waals surface area contributed by atoms with E-state index in [1.807, 2.05) is 27.0 Å². The standard InChI is InChI=1S/C9H15N3O/c1-4-12-6-8(5-10-12)11-9(13)7(2)3/h5-7H,4H2,1-3H3,(H,11,13). The zero-order valence-corrected chi connectivity index (χ0v) is 8.24. The maximum Gasteiger partial charge on any atom is 0.227 e. The van der Waals surface area contributed by atoms with Gasteiger partial charge in [0.2, 0.25) is 5.91 Å². The van der Waals surface area contributed by atoms with Gasteiger partial charge in [0.25, 0.3) is 0 Å². The van der Waals surface area contributed by atoms with Crippen molar-refractivity contribution in [3.05, 3.63) is 12.4 Å². The Hall–Kier alpha value is -1.32. The monoisotopic (exact) mass is 181 g/mol. The van der Waals surface area contributed by atoms with Crippen molar-refractivity contribution < 1.29 is 4.79 Å². The SMILES string of the molecule is CCn1cc(NC(=O)C(C)C)cn1. The molecule has 1 heterocycles. The number of hydrogen-bond acceptors (Lipinski definition) is 2. The molecule has 13 heavy (non-hydrogen) atoms. The molecule has 0 aliphatic heterocycles. The van der Waals surface area contributed by atoms with Gasteiger partial charge < -0.3 is 5.32 Å². The molecule has 0 aromatic carbocycles. The van der Waals surface area contributed by atoms with Crippen LogP contribution in [0.3, 0.4) is 0 Å². The van der Waals surface area contributed by atoms with Crippen LogP contribution in [0.25, 0.3) is 0 Å². The minimum atomic E-state index is 0.00461. The summed E-state index contributed by atoms with van der Waals surface area (Å²) in [7, 11) is 0. The molecule has 1 aromatic rings. The van der Waals surface area contributed by atoms with Crippen LogP contribution in [0.1, 0.15) is 20.8 Å². The third-order valence-electron chi connectivity index (χ3n) is 1.75. The molecule has 0 spiro atoms. The first-order valence-corrected chi connectivity index (χ1v) is 4.46. The molecule has 4 nitrogen and oxygen atoms in total. The quantitative estimate of drug-likeness (QED) is 0.768. The molecule has 0 aliphatic carbocycles. The summed E-state index contributed by atoms with van der Waals surface area (Å²) < 4.78 is 1.77. The molecule has 0 atom stereocenters. The maximum atomic E-state index is 11.3. The van der Waals surface area contributed by atoms with E-state index in [1.54, 1.807) is 10.9 Å². The Labute approximate surface area is 77.9 Å². The molecule has 0 fully saturated rings. The van der Waals surface area contributed by atoms with Gasteiger partial charge in [-0.1, -0.05) is 13.8 Å². The number of aromatic nitrogens is 2. The van der Waals surface area contributed by atoms with Crippen molar-refractivity contribution in [2.75, 3.05) is 5.32 Å². The van der Waals surface area contributed by atoms with E-state index in [-0.39, 0.29) is 11.8 Å². The van der Waals surface area contributed by atoms with Crippen LogP contribution in [0.4, 0.5) is 5.69 Å². The predicted molar refractivity (Wildman–Crippen MR) is 51.4 cm³/mol. The highest BCUT2D eigenvalue weighted by atomic mass is 16.1. The lowest BCUT2D eigenvalue weighted by Gasteiger charge is -2.03. The number of carbonyl (C=O) groups excluding carboxylic acids is 1. The fourth-order valence-corrected chi connectivity index (χ4v) is 0.888. The number of amides is 1. The molecule has 4 heteroatoms. The van der Waals surface area contributed by atoms with Crippen molar-refractivity contribution in [3.8, 4) is 0 Å². The van der Waals surface area contributed by atoms with Gasteiger partial charge in [-0.05, 0) is 6.92 Å². The summed E-state index contributed by atoms with van der Waals surface area (Å²) in [6.07, 6.45) is 3.48. The van der Waals surface area contributed by atoms with Crippen LogP contribution in [-0.2, 0) is 11.3 Å². The second-order valence-corrected chi connectivity index (χ2v) is 3.23. The summed E-state index contributed by atoms with van der Waals surface area (Å²) in [5.41, 5.74) is 0.764. The third kappa shape index (κ3) is 2.57. The summed E-state index contributed by atoms with van der Waals surface area (Å²) in [6, 6.07) is 0. The van der Waals surface area contributed by atoms with Crippen molar-refractivity contribution >= 4 is 11.6 Å². The van der Waals surface area contributed by atoms with Gasteiger partial charge in [0.1, 0.15) is 0 Å². The first-order chi connectivity index (χ1) is 6.13. The highest BCUT2D eigenvalue weighted by molar-refractivity contribution is 5.91. The fraction of sp³-hybridized carbons (Fsp3) is 0.556. The largest absolute Gasteiger partial charge is 0.323 e. The van der Waals surface area contributed by atoms with E-state index in [1.165, 1.54) is 0 Å². The van der Waals surface area contributed by atoms with Crippen LogP contribution in [0.5, 0.6) is 0 Å². The zero-order valence-electron chi connectivity index (χ0n) is 8.24. The summed E-state index contributed by atoms with van der Waals surface area (Å²) in [5.74, 6) is 0.0284. The Morgan fingerprint density at radius 3 is 2.85 bits per heavy atom. The van der Waals surface area contributed by atoms with Crippen molar-refractivity contribution in [2.45, 2.75) is 27.3 Å². The minimum absolute atomic E-state index is 0.00461. The molecule has 1 rings (SSSR count). The lowest BCUT2D eigenvalue weighted by molar-refractivity contribution is -0.118. The molecular formula is C9H15N3O. The van der Waals surface area contributed by atoms with E-state index >= 15 is 0 Å². The van der Waals surface area contributed by atoms with Gasteiger partial charge in [0, 0.05) is 18.7 Å². The smallest absolute Gasteiger partial charge is 0.227 e. The third-order valence-corrected chi connectivity index (χ3v) is 1.75. The average Bonchev–Trinajstić information content (AvgIpc) is 2.52. The second-order valence-electron chi connectivity index (χ2n) is 3.23. The summed E-state index contributed by atoms with van der Waals surface area (Å²) >= 11 is 0. The zero-order chi connectivity index (χ0) is 9.84. The molecule has 0 radical (unpaired) electrons. The summed E-state index contributed by atoms with van der Waals surface area (Å²) in [6.45, 7) is 6.54. The number of carbonyl (C=O) groups is 1. The molecule has 0 saturated carbocycles. The van der Waals surface area contributed by atoms with Gasteiger partial charge in [-0.15, -0.1) is 0 Å². The van der Waals surface area contributed by atoms with Crippen molar-refractivity contribution in [1.29, 1.82) is 0 Å². The summed E-state index contributed by atoms with van der Waals surface area (Å²) in [5, 5.41) is 6.82. The number of anilines is 1. The fourth-order valence-electron chi connectivity index (χ4n) is 0.888. The van der Waals surface area contributed by atoms with Gasteiger partial charge in [0.15, 0.2) is 0 Å². The molecule has 1 aromatic heterocycles. The second kappa shape index (κ2) is 4.07. The normalized spacial score (nSPS) is 10.5. The Morgan fingerprint density at radius 1 is 1.69 bits per heavy atom. The van der Waals surface area contributed by atoms with Gasteiger partial charge >= 0.3 is 0 Å². The molecular weight excluding hydrogens is 166 g/mol. The number of nitrogens with one attached hydrogen (secondary N) is 1.